The smallest absolute Gasteiger partial charge is 0.160 e. The Morgan fingerprint density at radius 1 is 0.419 bits per heavy atom. The van der Waals surface area contributed by atoms with Crippen molar-refractivity contribution < 1.29 is 0 Å². The van der Waals surface area contributed by atoms with Gasteiger partial charge in [0.2, 0.25) is 0 Å². The van der Waals surface area contributed by atoms with Crippen molar-refractivity contribution in [3.05, 3.63) is 211 Å². The predicted molar refractivity (Wildman–Crippen MR) is 252 cm³/mol. The SMILES string of the molecule is N#Cc1ccc2c(c1)-c1c(-c3cccc(-c4cccc(-c5cccc(-c6cc(-c7ccc(-c8cccnc8)cc7)nc(-c7ccccc7)n6)c5)c4)c3)cccc1C21CCCCC1. The number of aromatic nitrogens is 3. The van der Waals surface area contributed by atoms with Gasteiger partial charge in [-0.1, -0.05) is 159 Å². The van der Waals surface area contributed by atoms with Crippen molar-refractivity contribution in [3.8, 4) is 95.6 Å². The summed E-state index contributed by atoms with van der Waals surface area (Å²) in [6.07, 6.45) is 9.74. The highest BCUT2D eigenvalue weighted by molar-refractivity contribution is 5.94. The first-order valence-electron chi connectivity index (χ1n) is 21.6. The van der Waals surface area contributed by atoms with Gasteiger partial charge in [0, 0.05) is 34.5 Å². The molecule has 7 aromatic carbocycles. The van der Waals surface area contributed by atoms with Gasteiger partial charge in [0.25, 0.3) is 0 Å². The molecule has 11 rings (SSSR count). The van der Waals surface area contributed by atoms with Crippen LogP contribution in [-0.4, -0.2) is 15.0 Å². The van der Waals surface area contributed by atoms with Crippen molar-refractivity contribution in [3.63, 3.8) is 0 Å². The predicted octanol–water partition coefficient (Wildman–Crippen LogP) is 14.6. The zero-order valence-corrected chi connectivity index (χ0v) is 34.3. The highest BCUT2D eigenvalue weighted by Gasteiger charge is 2.44. The van der Waals surface area contributed by atoms with Gasteiger partial charge in [-0.25, -0.2) is 9.97 Å². The Labute approximate surface area is 362 Å². The maximum Gasteiger partial charge on any atom is 0.160 e. The molecule has 0 radical (unpaired) electrons. The van der Waals surface area contributed by atoms with Gasteiger partial charge >= 0.3 is 0 Å². The minimum absolute atomic E-state index is 0.0239. The molecule has 1 fully saturated rings. The van der Waals surface area contributed by atoms with Crippen LogP contribution in [0.25, 0.3) is 89.5 Å². The van der Waals surface area contributed by atoms with E-state index in [9.17, 15) is 5.26 Å². The molecule has 2 aromatic heterocycles. The van der Waals surface area contributed by atoms with Crippen molar-refractivity contribution in [1.82, 2.24) is 15.0 Å². The minimum Gasteiger partial charge on any atom is -0.264 e. The van der Waals surface area contributed by atoms with E-state index < -0.39 is 0 Å². The van der Waals surface area contributed by atoms with Crippen molar-refractivity contribution in [2.45, 2.75) is 37.5 Å². The van der Waals surface area contributed by atoms with Gasteiger partial charge in [-0.05, 0) is 122 Å². The first-order chi connectivity index (χ1) is 30.6. The van der Waals surface area contributed by atoms with Gasteiger partial charge in [0.15, 0.2) is 5.82 Å². The summed E-state index contributed by atoms with van der Waals surface area (Å²) in [5.41, 5.74) is 20.0. The van der Waals surface area contributed by atoms with Gasteiger partial charge in [-0.2, -0.15) is 5.26 Å². The van der Waals surface area contributed by atoms with Crippen LogP contribution in [0.5, 0.6) is 0 Å². The summed E-state index contributed by atoms with van der Waals surface area (Å²) < 4.78 is 0. The van der Waals surface area contributed by atoms with Crippen LogP contribution < -0.4 is 0 Å². The fraction of sp³-hybridized carbons (Fsp3) is 0.103. The molecule has 62 heavy (non-hydrogen) atoms. The third-order valence-electron chi connectivity index (χ3n) is 13.0. The van der Waals surface area contributed by atoms with Crippen LogP contribution in [0.15, 0.2) is 194 Å². The topological polar surface area (TPSA) is 62.5 Å². The zero-order chi connectivity index (χ0) is 41.5. The summed E-state index contributed by atoms with van der Waals surface area (Å²) in [7, 11) is 0. The van der Waals surface area contributed by atoms with E-state index in [4.69, 9.17) is 9.97 Å². The first kappa shape index (κ1) is 37.3. The van der Waals surface area contributed by atoms with Crippen LogP contribution in [-0.2, 0) is 5.41 Å². The second kappa shape index (κ2) is 15.7. The summed E-state index contributed by atoms with van der Waals surface area (Å²) in [4.78, 5) is 14.5. The number of nitrogens with zero attached hydrogens (tertiary/aromatic N) is 4. The lowest BCUT2D eigenvalue weighted by Gasteiger charge is -2.36. The Morgan fingerprint density at radius 3 is 1.71 bits per heavy atom. The number of benzene rings is 7. The Bertz CT molecular complexity index is 3160. The van der Waals surface area contributed by atoms with Crippen LogP contribution in [0.1, 0.15) is 48.8 Å². The molecule has 4 heteroatoms. The summed E-state index contributed by atoms with van der Waals surface area (Å²) >= 11 is 0. The molecule has 2 aliphatic rings. The molecule has 0 atom stereocenters. The molecule has 4 nitrogen and oxygen atoms in total. The number of rotatable bonds is 7. The van der Waals surface area contributed by atoms with Crippen LogP contribution in [0.2, 0.25) is 0 Å². The Balaban J connectivity index is 0.948. The number of nitriles is 1. The van der Waals surface area contributed by atoms with Crippen LogP contribution in [0, 0.1) is 11.3 Å². The average Bonchev–Trinajstić information content (AvgIpc) is 3.62. The third kappa shape index (κ3) is 6.69. The maximum absolute atomic E-state index is 9.93. The summed E-state index contributed by atoms with van der Waals surface area (Å²) in [5.74, 6) is 0.689. The van der Waals surface area contributed by atoms with Crippen LogP contribution in [0.4, 0.5) is 0 Å². The third-order valence-corrected chi connectivity index (χ3v) is 13.0. The molecule has 0 N–H and O–H groups in total. The molecule has 2 aliphatic carbocycles. The average molecular weight is 795 g/mol. The first-order valence-corrected chi connectivity index (χ1v) is 21.6. The lowest BCUT2D eigenvalue weighted by molar-refractivity contribution is 0.353. The molecule has 2 heterocycles. The second-order valence-electron chi connectivity index (χ2n) is 16.6. The molecular weight excluding hydrogens is 753 g/mol. The molecular formula is C58H42N4. The van der Waals surface area contributed by atoms with Gasteiger partial charge in [0.05, 0.1) is 23.0 Å². The molecule has 1 saturated carbocycles. The second-order valence-corrected chi connectivity index (χ2v) is 16.6. The number of hydrogen-bond acceptors (Lipinski definition) is 4. The van der Waals surface area contributed by atoms with E-state index in [0.717, 1.165) is 79.9 Å². The van der Waals surface area contributed by atoms with E-state index >= 15 is 0 Å². The highest BCUT2D eigenvalue weighted by atomic mass is 14.9. The molecule has 0 amide bonds. The van der Waals surface area contributed by atoms with E-state index in [-0.39, 0.29) is 5.41 Å². The number of fused-ring (bicyclic) bond motifs is 5. The normalized spacial score (nSPS) is 13.6. The standard InChI is InChI=1S/C58H42N4/c59-37-39-23-28-52-51(32-39)56-50(21-10-22-53(56)58(52)29-5-2-6-30-58)47-18-8-16-45(34-47)43-14-7-15-44(33-43)46-17-9-19-48(35-46)55-36-54(61-57(62-55)42-12-3-1-4-13-42)41-26-24-40(25-27-41)49-20-11-31-60-38-49/h1,3-4,7-28,31-36,38H,2,5-6,29-30H2. The van der Waals surface area contributed by atoms with Gasteiger partial charge in [-0.3, -0.25) is 4.98 Å². The fourth-order valence-electron chi connectivity index (χ4n) is 9.99. The largest absolute Gasteiger partial charge is 0.264 e. The quantitative estimate of drug-likeness (QED) is 0.161. The fourth-order valence-corrected chi connectivity index (χ4v) is 9.99. The molecule has 294 valence electrons. The van der Waals surface area contributed by atoms with E-state index in [0.29, 0.717) is 5.82 Å². The van der Waals surface area contributed by atoms with E-state index in [2.05, 4.69) is 163 Å². The number of hydrogen-bond donors (Lipinski definition) is 0. The van der Waals surface area contributed by atoms with E-state index in [1.807, 2.05) is 36.5 Å². The summed E-state index contributed by atoms with van der Waals surface area (Å²) in [5, 5.41) is 9.93. The van der Waals surface area contributed by atoms with E-state index in [1.54, 1.807) is 6.20 Å². The van der Waals surface area contributed by atoms with Crippen molar-refractivity contribution in [1.29, 1.82) is 5.26 Å². The van der Waals surface area contributed by atoms with Crippen molar-refractivity contribution in [2.75, 3.05) is 0 Å². The molecule has 0 aliphatic heterocycles. The molecule has 9 aromatic rings. The van der Waals surface area contributed by atoms with Gasteiger partial charge in [0.1, 0.15) is 0 Å². The maximum atomic E-state index is 9.93. The molecule has 0 unspecified atom stereocenters. The zero-order valence-electron chi connectivity index (χ0n) is 34.3. The van der Waals surface area contributed by atoms with Gasteiger partial charge < -0.3 is 0 Å². The monoisotopic (exact) mass is 794 g/mol. The van der Waals surface area contributed by atoms with Crippen molar-refractivity contribution >= 4 is 0 Å². The van der Waals surface area contributed by atoms with E-state index in [1.165, 1.54) is 52.6 Å². The Morgan fingerprint density at radius 2 is 1.02 bits per heavy atom. The van der Waals surface area contributed by atoms with Crippen molar-refractivity contribution in [2.24, 2.45) is 0 Å². The highest BCUT2D eigenvalue weighted by Crippen LogP contribution is 2.58. The van der Waals surface area contributed by atoms with Crippen LogP contribution >= 0.6 is 0 Å². The molecule has 0 saturated heterocycles. The molecule has 0 bridgehead atoms. The van der Waals surface area contributed by atoms with Gasteiger partial charge in [-0.15, -0.1) is 0 Å². The molecule has 1 spiro atoms. The Hall–Kier alpha value is -7.74. The summed E-state index contributed by atoms with van der Waals surface area (Å²) in [6.45, 7) is 0. The Kier molecular flexibility index (Phi) is 9.44. The van der Waals surface area contributed by atoms with Crippen LogP contribution in [0.3, 0.4) is 0 Å². The lowest BCUT2D eigenvalue weighted by atomic mass is 9.67. The lowest BCUT2D eigenvalue weighted by Crippen LogP contribution is -2.28. The summed E-state index contributed by atoms with van der Waals surface area (Å²) in [6, 6.07) is 67.0. The minimum atomic E-state index is 0.0239. The number of pyridine rings is 1.